The monoisotopic (exact) mass is 299 g/mol. The summed E-state index contributed by atoms with van der Waals surface area (Å²) in [7, 11) is 1.82. The highest BCUT2D eigenvalue weighted by atomic mass is 19.4. The average molecular weight is 299 g/mol. The smallest absolute Gasteiger partial charge is 0.405 e. The van der Waals surface area contributed by atoms with Gasteiger partial charge in [-0.25, -0.2) is 4.98 Å². The van der Waals surface area contributed by atoms with Gasteiger partial charge in [-0.15, -0.1) is 13.2 Å². The third-order valence-corrected chi connectivity index (χ3v) is 2.99. The molecule has 0 aliphatic heterocycles. The summed E-state index contributed by atoms with van der Waals surface area (Å²) < 4.78 is 41.1. The van der Waals surface area contributed by atoms with E-state index in [1.54, 1.807) is 18.5 Å². The first-order valence-electron chi connectivity index (χ1n) is 6.36. The lowest BCUT2D eigenvalue weighted by Gasteiger charge is -2.19. The molecule has 7 heteroatoms. The molecule has 1 aromatic heterocycles. The Bertz CT molecular complexity index is 595. The molecule has 0 aliphatic carbocycles. The van der Waals surface area contributed by atoms with Crippen LogP contribution < -0.4 is 4.74 Å². The summed E-state index contributed by atoms with van der Waals surface area (Å²) in [5.74, 6) is -0.171. The van der Waals surface area contributed by atoms with Crippen molar-refractivity contribution in [2.75, 3.05) is 7.05 Å². The maximum Gasteiger partial charge on any atom is 0.573 e. The van der Waals surface area contributed by atoms with Gasteiger partial charge in [0.25, 0.3) is 0 Å². The van der Waals surface area contributed by atoms with Crippen molar-refractivity contribution in [3.8, 4) is 5.75 Å². The summed E-state index contributed by atoms with van der Waals surface area (Å²) in [5, 5.41) is 0. The van der Waals surface area contributed by atoms with Crippen LogP contribution in [0.3, 0.4) is 0 Å². The highest BCUT2D eigenvalue weighted by Crippen LogP contribution is 2.27. The summed E-state index contributed by atoms with van der Waals surface area (Å²) in [6.07, 6.45) is -3.09. The van der Waals surface area contributed by atoms with Crippen molar-refractivity contribution in [1.29, 1.82) is 0 Å². The van der Waals surface area contributed by atoms with Crippen LogP contribution in [0.1, 0.15) is 17.0 Å². The van der Waals surface area contributed by atoms with Crippen molar-refractivity contribution in [3.05, 3.63) is 47.5 Å². The number of alkyl halides is 3. The Labute approximate surface area is 120 Å². The maximum absolute atomic E-state index is 12.4. The number of hydrogen-bond acceptors (Lipinski definition) is 3. The minimum Gasteiger partial charge on any atom is -0.405 e. The van der Waals surface area contributed by atoms with Crippen LogP contribution in [0.5, 0.6) is 5.75 Å². The Kier molecular flexibility index (Phi) is 4.52. The predicted molar refractivity (Wildman–Crippen MR) is 71.6 cm³/mol. The first kappa shape index (κ1) is 15.4. The van der Waals surface area contributed by atoms with Crippen molar-refractivity contribution in [2.45, 2.75) is 26.4 Å². The van der Waals surface area contributed by atoms with Gasteiger partial charge < -0.3 is 9.72 Å². The number of aromatic amines is 1. The molecule has 0 atom stereocenters. The van der Waals surface area contributed by atoms with Crippen LogP contribution in [0.2, 0.25) is 0 Å². The van der Waals surface area contributed by atoms with Gasteiger partial charge in [0.1, 0.15) is 5.75 Å². The van der Waals surface area contributed by atoms with E-state index in [1.807, 2.05) is 18.9 Å². The quantitative estimate of drug-likeness (QED) is 0.921. The van der Waals surface area contributed by atoms with E-state index in [2.05, 4.69) is 14.7 Å². The van der Waals surface area contributed by atoms with Gasteiger partial charge in [0.05, 0.1) is 12.0 Å². The second kappa shape index (κ2) is 6.17. The van der Waals surface area contributed by atoms with Crippen molar-refractivity contribution in [2.24, 2.45) is 0 Å². The highest BCUT2D eigenvalue weighted by Gasteiger charge is 2.32. The number of benzene rings is 1. The van der Waals surface area contributed by atoms with Gasteiger partial charge in [-0.1, -0.05) is 18.2 Å². The molecule has 2 aromatic rings. The predicted octanol–water partition coefficient (Wildman–Crippen LogP) is 3.25. The van der Waals surface area contributed by atoms with E-state index in [0.717, 1.165) is 11.4 Å². The molecule has 0 fully saturated rings. The first-order valence-corrected chi connectivity index (χ1v) is 6.36. The molecule has 0 amide bonds. The maximum atomic E-state index is 12.4. The second-order valence-corrected chi connectivity index (χ2v) is 4.80. The van der Waals surface area contributed by atoms with Gasteiger partial charge in [0, 0.05) is 24.3 Å². The summed E-state index contributed by atoms with van der Waals surface area (Å²) in [5.41, 5.74) is 2.29. The van der Waals surface area contributed by atoms with E-state index >= 15 is 0 Å². The summed E-state index contributed by atoms with van der Waals surface area (Å²) in [4.78, 5) is 9.02. The lowest BCUT2D eigenvalue weighted by atomic mass is 10.2. The van der Waals surface area contributed by atoms with Crippen molar-refractivity contribution < 1.29 is 17.9 Å². The van der Waals surface area contributed by atoms with Gasteiger partial charge in [-0.2, -0.15) is 0 Å². The van der Waals surface area contributed by atoms with E-state index < -0.39 is 6.36 Å². The molecule has 0 aliphatic rings. The van der Waals surface area contributed by atoms with E-state index in [1.165, 1.54) is 12.1 Å². The third kappa shape index (κ3) is 4.49. The fraction of sp³-hybridized carbons (Fsp3) is 0.357. The molecule has 2 rings (SSSR count). The molecule has 1 N–H and O–H groups in total. The number of H-pyrrole nitrogens is 1. The van der Waals surface area contributed by atoms with E-state index in [0.29, 0.717) is 18.7 Å². The molecule has 0 spiro atoms. The first-order chi connectivity index (χ1) is 9.85. The Hall–Kier alpha value is -2.02. The number of nitrogens with one attached hydrogen (secondary N) is 1. The van der Waals surface area contributed by atoms with Crippen LogP contribution in [0.25, 0.3) is 0 Å². The van der Waals surface area contributed by atoms with Gasteiger partial charge in [-0.05, 0) is 20.0 Å². The molecule has 0 radical (unpaired) electrons. The fourth-order valence-electron chi connectivity index (χ4n) is 2.01. The molecule has 0 unspecified atom stereocenters. The number of imidazole rings is 1. The molecule has 1 aromatic carbocycles. The zero-order valence-corrected chi connectivity index (χ0v) is 11.7. The molecule has 114 valence electrons. The standard InChI is InChI=1S/C14H16F3N3O/c1-10-12(19-9-18-10)8-20(2)7-11-5-3-4-6-13(11)21-14(15,16)17/h3-6,9H,7-8H2,1-2H3,(H,18,19). The Morgan fingerprint density at radius 1 is 1.24 bits per heavy atom. The Morgan fingerprint density at radius 2 is 1.95 bits per heavy atom. The van der Waals surface area contributed by atoms with Crippen LogP contribution in [0.15, 0.2) is 30.6 Å². The molecular formula is C14H16F3N3O. The largest absolute Gasteiger partial charge is 0.573 e. The van der Waals surface area contributed by atoms with Crippen molar-refractivity contribution >= 4 is 0 Å². The van der Waals surface area contributed by atoms with Crippen molar-refractivity contribution in [3.63, 3.8) is 0 Å². The Balaban J connectivity index is 2.07. The van der Waals surface area contributed by atoms with E-state index in [9.17, 15) is 13.2 Å². The lowest BCUT2D eigenvalue weighted by molar-refractivity contribution is -0.275. The van der Waals surface area contributed by atoms with Crippen LogP contribution in [0, 0.1) is 6.92 Å². The van der Waals surface area contributed by atoms with Gasteiger partial charge in [-0.3, -0.25) is 4.90 Å². The number of ether oxygens (including phenoxy) is 1. The second-order valence-electron chi connectivity index (χ2n) is 4.80. The number of nitrogens with zero attached hydrogens (tertiary/aromatic N) is 2. The number of aryl methyl sites for hydroxylation is 1. The zero-order chi connectivity index (χ0) is 15.5. The van der Waals surface area contributed by atoms with Crippen LogP contribution in [-0.4, -0.2) is 28.3 Å². The minimum atomic E-state index is -4.69. The number of rotatable bonds is 5. The van der Waals surface area contributed by atoms with Gasteiger partial charge in [0.2, 0.25) is 0 Å². The average Bonchev–Trinajstić information content (AvgIpc) is 2.76. The van der Waals surface area contributed by atoms with Crippen LogP contribution in [-0.2, 0) is 13.1 Å². The fourth-order valence-corrected chi connectivity index (χ4v) is 2.01. The van der Waals surface area contributed by atoms with Gasteiger partial charge >= 0.3 is 6.36 Å². The number of hydrogen-bond donors (Lipinski definition) is 1. The van der Waals surface area contributed by atoms with Crippen LogP contribution in [0.4, 0.5) is 13.2 Å². The SMILES string of the molecule is Cc1[nH]cnc1CN(C)Cc1ccccc1OC(F)(F)F. The molecule has 21 heavy (non-hydrogen) atoms. The molecule has 0 saturated carbocycles. The zero-order valence-electron chi connectivity index (χ0n) is 11.7. The summed E-state index contributed by atoms with van der Waals surface area (Å²) in [6.45, 7) is 2.77. The number of halogens is 3. The minimum absolute atomic E-state index is 0.171. The van der Waals surface area contributed by atoms with E-state index in [4.69, 9.17) is 0 Å². The topological polar surface area (TPSA) is 41.2 Å². The molecule has 0 bridgehead atoms. The molecule has 0 saturated heterocycles. The van der Waals surface area contributed by atoms with Gasteiger partial charge in [0.15, 0.2) is 0 Å². The normalized spacial score (nSPS) is 11.9. The lowest BCUT2D eigenvalue weighted by Crippen LogP contribution is -2.21. The number of aromatic nitrogens is 2. The Morgan fingerprint density at radius 3 is 2.57 bits per heavy atom. The number of para-hydroxylation sites is 1. The third-order valence-electron chi connectivity index (χ3n) is 2.99. The van der Waals surface area contributed by atoms with Crippen LogP contribution >= 0.6 is 0 Å². The van der Waals surface area contributed by atoms with Crippen molar-refractivity contribution in [1.82, 2.24) is 14.9 Å². The molecule has 1 heterocycles. The molecule has 4 nitrogen and oxygen atoms in total. The summed E-state index contributed by atoms with van der Waals surface area (Å²) >= 11 is 0. The molecular weight excluding hydrogens is 283 g/mol. The highest BCUT2D eigenvalue weighted by molar-refractivity contribution is 5.33. The van der Waals surface area contributed by atoms with E-state index in [-0.39, 0.29) is 5.75 Å². The summed E-state index contributed by atoms with van der Waals surface area (Å²) in [6, 6.07) is 6.14.